The minimum atomic E-state index is 0. The molecule has 1 aliphatic heterocycles. The van der Waals surface area contributed by atoms with Crippen molar-refractivity contribution >= 4 is 24.1 Å². The third-order valence-electron chi connectivity index (χ3n) is 4.07. The number of aromatic nitrogens is 2. The average Bonchev–Trinajstić information content (AvgIpc) is 2.87. The van der Waals surface area contributed by atoms with E-state index < -0.39 is 0 Å². The van der Waals surface area contributed by atoms with Crippen LogP contribution in [0.3, 0.4) is 0 Å². The molecule has 0 aliphatic carbocycles. The predicted molar refractivity (Wildman–Crippen MR) is 87.9 cm³/mol. The van der Waals surface area contributed by atoms with E-state index in [4.69, 9.17) is 0 Å². The smallest absolute Gasteiger partial charge is 0.225 e. The first kappa shape index (κ1) is 18.0. The summed E-state index contributed by atoms with van der Waals surface area (Å²) in [6, 6.07) is 2.10. The molecule has 6 heteroatoms. The van der Waals surface area contributed by atoms with E-state index in [1.807, 2.05) is 10.7 Å². The van der Waals surface area contributed by atoms with Gasteiger partial charge in [-0.05, 0) is 51.6 Å². The summed E-state index contributed by atoms with van der Waals surface area (Å²) in [6.45, 7) is 8.44. The summed E-state index contributed by atoms with van der Waals surface area (Å²) in [5.74, 6) is 1.91. The summed E-state index contributed by atoms with van der Waals surface area (Å²) in [5.41, 5.74) is 0. The number of anilines is 1. The van der Waals surface area contributed by atoms with Gasteiger partial charge < -0.3 is 10.6 Å². The Morgan fingerprint density at radius 3 is 2.90 bits per heavy atom. The van der Waals surface area contributed by atoms with E-state index in [0.717, 1.165) is 18.9 Å². The van der Waals surface area contributed by atoms with Gasteiger partial charge >= 0.3 is 0 Å². The molecule has 120 valence electrons. The van der Waals surface area contributed by atoms with Gasteiger partial charge in [0.1, 0.15) is 5.82 Å². The van der Waals surface area contributed by atoms with Crippen molar-refractivity contribution in [2.45, 2.75) is 46.1 Å². The van der Waals surface area contributed by atoms with Gasteiger partial charge in [0.25, 0.3) is 0 Å². The Morgan fingerprint density at radius 1 is 1.52 bits per heavy atom. The molecular formula is C15H27ClN4O. The fourth-order valence-corrected chi connectivity index (χ4v) is 2.84. The molecule has 0 saturated carbocycles. The number of carbonyl (C=O) groups excluding carboxylic acids is 1. The number of hydrogen-bond donors (Lipinski definition) is 2. The van der Waals surface area contributed by atoms with Crippen LogP contribution in [0.1, 0.15) is 46.1 Å². The molecule has 1 saturated heterocycles. The number of nitrogens with zero attached hydrogens (tertiary/aromatic N) is 2. The molecule has 1 aliphatic rings. The maximum absolute atomic E-state index is 12.2. The van der Waals surface area contributed by atoms with Crippen LogP contribution in [0.5, 0.6) is 0 Å². The second kappa shape index (κ2) is 8.39. The van der Waals surface area contributed by atoms with Crippen molar-refractivity contribution in [2.24, 2.45) is 11.8 Å². The highest BCUT2D eigenvalue weighted by atomic mass is 35.5. The SMILES string of the molecule is CC(CC(=O)Nc1ccnn1C(C)C)C1CCCNC1.Cl. The van der Waals surface area contributed by atoms with Crippen LogP contribution in [-0.2, 0) is 4.79 Å². The number of carbonyl (C=O) groups is 1. The summed E-state index contributed by atoms with van der Waals surface area (Å²) in [5, 5.41) is 10.6. The van der Waals surface area contributed by atoms with Gasteiger partial charge in [0.05, 0.1) is 6.20 Å². The Balaban J connectivity index is 0.00000220. The first-order chi connectivity index (χ1) is 9.58. The highest BCUT2D eigenvalue weighted by Gasteiger charge is 2.22. The lowest BCUT2D eigenvalue weighted by Gasteiger charge is -2.28. The summed E-state index contributed by atoms with van der Waals surface area (Å²) >= 11 is 0. The van der Waals surface area contributed by atoms with Crippen LogP contribution in [0.15, 0.2) is 12.3 Å². The molecule has 0 aromatic carbocycles. The van der Waals surface area contributed by atoms with Gasteiger partial charge in [-0.1, -0.05) is 6.92 Å². The molecule has 0 radical (unpaired) electrons. The minimum absolute atomic E-state index is 0. The van der Waals surface area contributed by atoms with E-state index in [2.05, 4.69) is 36.5 Å². The largest absolute Gasteiger partial charge is 0.316 e. The van der Waals surface area contributed by atoms with Crippen LogP contribution < -0.4 is 10.6 Å². The highest BCUT2D eigenvalue weighted by molar-refractivity contribution is 5.90. The van der Waals surface area contributed by atoms with Gasteiger partial charge in [-0.3, -0.25) is 4.79 Å². The Hall–Kier alpha value is -1.07. The normalized spacial score (nSPS) is 19.9. The second-order valence-electron chi connectivity index (χ2n) is 6.09. The molecule has 2 N–H and O–H groups in total. The van der Waals surface area contributed by atoms with Gasteiger partial charge in [-0.15, -0.1) is 12.4 Å². The molecule has 1 amide bonds. The van der Waals surface area contributed by atoms with E-state index in [-0.39, 0.29) is 24.4 Å². The third-order valence-corrected chi connectivity index (χ3v) is 4.07. The van der Waals surface area contributed by atoms with E-state index in [1.54, 1.807) is 6.20 Å². The predicted octanol–water partition coefficient (Wildman–Crippen LogP) is 2.85. The van der Waals surface area contributed by atoms with Gasteiger partial charge in [0, 0.05) is 18.5 Å². The highest BCUT2D eigenvalue weighted by Crippen LogP contribution is 2.23. The molecule has 5 nitrogen and oxygen atoms in total. The van der Waals surface area contributed by atoms with Crippen LogP contribution in [0.2, 0.25) is 0 Å². The molecular weight excluding hydrogens is 288 g/mol. The van der Waals surface area contributed by atoms with Gasteiger partial charge in [0.2, 0.25) is 5.91 Å². The van der Waals surface area contributed by atoms with Crippen molar-refractivity contribution in [1.29, 1.82) is 0 Å². The Kier molecular flexibility index (Phi) is 7.18. The Bertz CT molecular complexity index is 441. The monoisotopic (exact) mass is 314 g/mol. The zero-order valence-electron chi connectivity index (χ0n) is 13.1. The number of rotatable bonds is 5. The minimum Gasteiger partial charge on any atom is -0.316 e. The van der Waals surface area contributed by atoms with E-state index >= 15 is 0 Å². The first-order valence-corrected chi connectivity index (χ1v) is 7.62. The quantitative estimate of drug-likeness (QED) is 0.878. The van der Waals surface area contributed by atoms with E-state index in [0.29, 0.717) is 18.3 Å². The Labute approximate surface area is 133 Å². The zero-order chi connectivity index (χ0) is 14.5. The molecule has 0 spiro atoms. The summed E-state index contributed by atoms with van der Waals surface area (Å²) in [7, 11) is 0. The van der Waals surface area contributed by atoms with Crippen molar-refractivity contribution in [3.8, 4) is 0 Å². The molecule has 0 bridgehead atoms. The van der Waals surface area contributed by atoms with Crippen LogP contribution >= 0.6 is 12.4 Å². The van der Waals surface area contributed by atoms with Crippen molar-refractivity contribution < 1.29 is 4.79 Å². The summed E-state index contributed by atoms with van der Waals surface area (Å²) < 4.78 is 1.84. The number of amides is 1. The molecule has 1 aromatic heterocycles. The van der Waals surface area contributed by atoms with Crippen molar-refractivity contribution in [2.75, 3.05) is 18.4 Å². The fourth-order valence-electron chi connectivity index (χ4n) is 2.84. The molecule has 2 rings (SSSR count). The Morgan fingerprint density at radius 2 is 2.29 bits per heavy atom. The van der Waals surface area contributed by atoms with E-state index in [9.17, 15) is 4.79 Å². The average molecular weight is 315 g/mol. The van der Waals surface area contributed by atoms with Gasteiger partial charge in [-0.2, -0.15) is 5.10 Å². The zero-order valence-corrected chi connectivity index (χ0v) is 13.9. The van der Waals surface area contributed by atoms with Crippen molar-refractivity contribution in [3.63, 3.8) is 0 Å². The maximum Gasteiger partial charge on any atom is 0.225 e. The number of hydrogen-bond acceptors (Lipinski definition) is 3. The maximum atomic E-state index is 12.2. The summed E-state index contributed by atoms with van der Waals surface area (Å²) in [6.07, 6.45) is 4.75. The van der Waals surface area contributed by atoms with Crippen LogP contribution in [0, 0.1) is 11.8 Å². The lowest BCUT2D eigenvalue weighted by atomic mass is 9.85. The first-order valence-electron chi connectivity index (χ1n) is 7.62. The second-order valence-corrected chi connectivity index (χ2v) is 6.09. The number of halogens is 1. The lowest BCUT2D eigenvalue weighted by Crippen LogP contribution is -2.34. The van der Waals surface area contributed by atoms with Crippen LogP contribution in [-0.4, -0.2) is 28.8 Å². The standard InChI is InChI=1S/C15H26N4O.ClH/c1-11(2)19-14(6-8-17-19)18-15(20)9-12(3)13-5-4-7-16-10-13;/h6,8,11-13,16H,4-5,7,9-10H2,1-3H3,(H,18,20);1H. The fraction of sp³-hybridized carbons (Fsp3) is 0.733. The number of nitrogens with one attached hydrogen (secondary N) is 2. The third kappa shape index (κ3) is 5.00. The summed E-state index contributed by atoms with van der Waals surface area (Å²) in [4.78, 5) is 12.2. The lowest BCUT2D eigenvalue weighted by molar-refractivity contribution is -0.117. The number of piperidine rings is 1. The van der Waals surface area contributed by atoms with Gasteiger partial charge in [-0.25, -0.2) is 4.68 Å². The molecule has 1 fully saturated rings. The molecule has 2 heterocycles. The topological polar surface area (TPSA) is 59.0 Å². The van der Waals surface area contributed by atoms with E-state index in [1.165, 1.54) is 12.8 Å². The van der Waals surface area contributed by atoms with Crippen LogP contribution in [0.25, 0.3) is 0 Å². The van der Waals surface area contributed by atoms with Crippen molar-refractivity contribution in [3.05, 3.63) is 12.3 Å². The molecule has 21 heavy (non-hydrogen) atoms. The van der Waals surface area contributed by atoms with Crippen LogP contribution in [0.4, 0.5) is 5.82 Å². The molecule has 2 atom stereocenters. The van der Waals surface area contributed by atoms with Gasteiger partial charge in [0.15, 0.2) is 0 Å². The molecule has 1 aromatic rings. The molecule has 2 unspecified atom stereocenters. The van der Waals surface area contributed by atoms with Crippen molar-refractivity contribution in [1.82, 2.24) is 15.1 Å².